The molecule has 0 saturated heterocycles. The van der Waals surface area contributed by atoms with Gasteiger partial charge in [-0.2, -0.15) is 0 Å². The van der Waals surface area contributed by atoms with Gasteiger partial charge < -0.3 is 9.47 Å². The lowest BCUT2D eigenvalue weighted by molar-refractivity contribution is -0.134. The van der Waals surface area contributed by atoms with E-state index >= 15 is 0 Å². The summed E-state index contributed by atoms with van der Waals surface area (Å²) in [7, 11) is 0. The molecule has 2 amide bonds. The predicted octanol–water partition coefficient (Wildman–Crippen LogP) is 2.38. The van der Waals surface area contributed by atoms with E-state index in [1.807, 2.05) is 32.0 Å². The Morgan fingerprint density at radius 2 is 1.88 bits per heavy atom. The molecule has 0 bridgehead atoms. The molecule has 2 N–H and O–H groups in total. The maximum absolute atomic E-state index is 12.1. The summed E-state index contributed by atoms with van der Waals surface area (Å²) in [4.78, 5) is 25.1. The molecule has 0 spiro atoms. The van der Waals surface area contributed by atoms with E-state index in [1.54, 1.807) is 18.2 Å². The summed E-state index contributed by atoms with van der Waals surface area (Å²) in [6.45, 7) is 4.13. The minimum Gasteiger partial charge on any atom is -0.485 e. The van der Waals surface area contributed by atoms with Crippen LogP contribution >= 0.6 is 11.8 Å². The number of carbonyl (C=O) groups excluding carboxylic acids is 2. The van der Waals surface area contributed by atoms with Gasteiger partial charge in [0.05, 0.1) is 5.75 Å². The first-order chi connectivity index (χ1) is 12.5. The van der Waals surface area contributed by atoms with Crippen LogP contribution < -0.4 is 20.3 Å². The molecule has 2 aromatic carbocycles. The summed E-state index contributed by atoms with van der Waals surface area (Å²) in [6.07, 6.45) is -0.808. The van der Waals surface area contributed by atoms with Crippen LogP contribution in [0.3, 0.4) is 0 Å². The lowest BCUT2D eigenvalue weighted by Gasteiger charge is -2.25. The van der Waals surface area contributed by atoms with Gasteiger partial charge in [0.25, 0.3) is 5.91 Å². The van der Waals surface area contributed by atoms with Crippen LogP contribution in [0.15, 0.2) is 47.4 Å². The fourth-order valence-electron chi connectivity index (χ4n) is 2.50. The van der Waals surface area contributed by atoms with Crippen molar-refractivity contribution in [2.45, 2.75) is 24.8 Å². The van der Waals surface area contributed by atoms with Crippen molar-refractivity contribution in [3.63, 3.8) is 0 Å². The average molecular weight is 372 g/mol. The van der Waals surface area contributed by atoms with E-state index in [0.717, 1.165) is 10.5 Å². The van der Waals surface area contributed by atoms with Crippen molar-refractivity contribution in [1.29, 1.82) is 0 Å². The standard InChI is InChI=1S/C19H20N2O4S/c1-12-7-8-17(13(2)9-12)26-11-18(22)20-21-19(23)16-10-24-14-5-3-4-6-15(14)25-16/h3-9,16H,10-11H2,1-2H3,(H,20,22)(H,21,23)/t16-/m1/s1. The van der Waals surface area contributed by atoms with Gasteiger partial charge in [0.1, 0.15) is 6.61 Å². The normalized spacial score (nSPS) is 15.2. The van der Waals surface area contributed by atoms with Gasteiger partial charge in [-0.1, -0.05) is 29.8 Å². The molecule has 26 heavy (non-hydrogen) atoms. The highest BCUT2D eigenvalue weighted by Gasteiger charge is 2.27. The zero-order valence-electron chi connectivity index (χ0n) is 14.6. The number of benzene rings is 2. The molecule has 0 radical (unpaired) electrons. The van der Waals surface area contributed by atoms with E-state index in [-0.39, 0.29) is 18.3 Å². The van der Waals surface area contributed by atoms with Crippen molar-refractivity contribution in [2.75, 3.05) is 12.4 Å². The Morgan fingerprint density at radius 1 is 1.12 bits per heavy atom. The first-order valence-corrected chi connectivity index (χ1v) is 9.19. The molecule has 1 atom stereocenters. The van der Waals surface area contributed by atoms with Crippen LogP contribution in [0.25, 0.3) is 0 Å². The van der Waals surface area contributed by atoms with Gasteiger partial charge >= 0.3 is 0 Å². The van der Waals surface area contributed by atoms with Crippen molar-refractivity contribution in [1.82, 2.24) is 10.9 Å². The number of nitrogens with one attached hydrogen (secondary N) is 2. The fourth-order valence-corrected chi connectivity index (χ4v) is 3.31. The van der Waals surface area contributed by atoms with Crippen molar-refractivity contribution >= 4 is 23.6 Å². The summed E-state index contributed by atoms with van der Waals surface area (Å²) >= 11 is 1.42. The molecule has 0 fully saturated rings. The molecular weight excluding hydrogens is 352 g/mol. The summed E-state index contributed by atoms with van der Waals surface area (Å²) in [6, 6.07) is 13.2. The zero-order chi connectivity index (χ0) is 18.5. The maximum atomic E-state index is 12.1. The van der Waals surface area contributed by atoms with Crippen LogP contribution in [0.2, 0.25) is 0 Å². The van der Waals surface area contributed by atoms with Gasteiger partial charge in [0.15, 0.2) is 11.5 Å². The lowest BCUT2D eigenvalue weighted by Crippen LogP contribution is -2.51. The largest absolute Gasteiger partial charge is 0.485 e. The van der Waals surface area contributed by atoms with Crippen LogP contribution in [-0.4, -0.2) is 30.3 Å². The number of aryl methyl sites for hydroxylation is 2. The number of hydrogen-bond donors (Lipinski definition) is 2. The van der Waals surface area contributed by atoms with Gasteiger partial charge in [0.2, 0.25) is 12.0 Å². The predicted molar refractivity (Wildman–Crippen MR) is 99.3 cm³/mol. The zero-order valence-corrected chi connectivity index (χ0v) is 15.4. The molecule has 7 heteroatoms. The van der Waals surface area contributed by atoms with Crippen LogP contribution in [0, 0.1) is 13.8 Å². The molecule has 0 unspecified atom stereocenters. The minimum absolute atomic E-state index is 0.0933. The summed E-state index contributed by atoms with van der Waals surface area (Å²) in [5, 5.41) is 0. The van der Waals surface area contributed by atoms with Crippen molar-refractivity contribution in [3.8, 4) is 11.5 Å². The second-order valence-electron chi connectivity index (χ2n) is 5.96. The third kappa shape index (κ3) is 4.49. The Balaban J connectivity index is 1.45. The summed E-state index contributed by atoms with van der Waals surface area (Å²) in [5.74, 6) is 0.570. The molecular formula is C19H20N2O4S. The van der Waals surface area contributed by atoms with Gasteiger partial charge in [-0.15, -0.1) is 11.8 Å². The monoisotopic (exact) mass is 372 g/mol. The average Bonchev–Trinajstić information content (AvgIpc) is 2.65. The Labute approximate surface area is 156 Å². The Morgan fingerprint density at radius 3 is 2.65 bits per heavy atom. The van der Waals surface area contributed by atoms with E-state index < -0.39 is 12.0 Å². The highest BCUT2D eigenvalue weighted by atomic mass is 32.2. The molecule has 1 aliphatic rings. The second kappa shape index (κ2) is 8.14. The van der Waals surface area contributed by atoms with E-state index in [1.165, 1.54) is 17.3 Å². The van der Waals surface area contributed by atoms with E-state index in [0.29, 0.717) is 11.5 Å². The summed E-state index contributed by atoms with van der Waals surface area (Å²) in [5.41, 5.74) is 7.10. The number of hydrogen-bond acceptors (Lipinski definition) is 5. The molecule has 2 aromatic rings. The van der Waals surface area contributed by atoms with Crippen LogP contribution in [-0.2, 0) is 9.59 Å². The smallest absolute Gasteiger partial charge is 0.283 e. The van der Waals surface area contributed by atoms with Crippen LogP contribution in [0.4, 0.5) is 0 Å². The van der Waals surface area contributed by atoms with Gasteiger partial charge in [-0.25, -0.2) is 0 Å². The number of fused-ring (bicyclic) bond motifs is 1. The van der Waals surface area contributed by atoms with Crippen LogP contribution in [0.5, 0.6) is 11.5 Å². The van der Waals surface area contributed by atoms with Gasteiger partial charge in [-0.05, 0) is 37.6 Å². The highest BCUT2D eigenvalue weighted by Crippen LogP contribution is 2.30. The molecule has 6 nitrogen and oxygen atoms in total. The Bertz CT molecular complexity index is 825. The lowest BCUT2D eigenvalue weighted by atomic mass is 10.2. The molecule has 0 saturated carbocycles. The van der Waals surface area contributed by atoms with E-state index in [2.05, 4.69) is 16.9 Å². The molecule has 1 aliphatic heterocycles. The number of carbonyl (C=O) groups is 2. The van der Waals surface area contributed by atoms with Gasteiger partial charge in [0, 0.05) is 4.90 Å². The minimum atomic E-state index is -0.808. The molecule has 1 heterocycles. The molecule has 136 valence electrons. The topological polar surface area (TPSA) is 76.7 Å². The van der Waals surface area contributed by atoms with E-state index in [4.69, 9.17) is 9.47 Å². The number of para-hydroxylation sites is 2. The van der Waals surface area contributed by atoms with E-state index in [9.17, 15) is 9.59 Å². The highest BCUT2D eigenvalue weighted by molar-refractivity contribution is 8.00. The third-order valence-corrected chi connectivity index (χ3v) is 4.99. The van der Waals surface area contributed by atoms with Gasteiger partial charge in [-0.3, -0.25) is 20.4 Å². The Kier molecular flexibility index (Phi) is 5.68. The third-order valence-electron chi connectivity index (χ3n) is 3.82. The first-order valence-electron chi connectivity index (χ1n) is 8.20. The number of hydrazine groups is 1. The van der Waals surface area contributed by atoms with Crippen molar-refractivity contribution in [2.24, 2.45) is 0 Å². The second-order valence-corrected chi connectivity index (χ2v) is 6.98. The van der Waals surface area contributed by atoms with Crippen molar-refractivity contribution in [3.05, 3.63) is 53.6 Å². The summed E-state index contributed by atoms with van der Waals surface area (Å²) < 4.78 is 11.1. The molecule has 3 rings (SSSR count). The van der Waals surface area contributed by atoms with Crippen molar-refractivity contribution < 1.29 is 19.1 Å². The number of amides is 2. The first kappa shape index (κ1) is 18.1. The molecule has 0 aromatic heterocycles. The molecule has 0 aliphatic carbocycles. The number of rotatable bonds is 4. The maximum Gasteiger partial charge on any atom is 0.283 e. The quantitative estimate of drug-likeness (QED) is 0.637. The number of thioether (sulfide) groups is 1. The Hall–Kier alpha value is -2.67. The van der Waals surface area contributed by atoms with Crippen LogP contribution in [0.1, 0.15) is 11.1 Å². The number of ether oxygens (including phenoxy) is 2. The fraction of sp³-hybridized carbons (Fsp3) is 0.263. The SMILES string of the molecule is Cc1ccc(SCC(=O)NNC(=O)[C@H]2COc3ccccc3O2)c(C)c1.